The number of hydrogen-bond donors (Lipinski definition) is 0. The molecule has 2 aliphatic rings. The van der Waals surface area contributed by atoms with E-state index in [1.807, 2.05) is 0 Å². The van der Waals surface area contributed by atoms with Crippen molar-refractivity contribution in [1.82, 2.24) is 0 Å². The normalized spacial score (nSPS) is 13.7. The standard InChI is InChI=1S/C68H78O6P2.C5H8O2.Rh/c1-37-33-49(65(9,10)11)61-55(41(37)5)56-42(6)38(2)34-50(66(12,13)14)62(56)72-75(71-61)69-53-31-29-45-25-21-23-27-47(45)59(53)60-48-28-24-22-26-46(48)30-32-54(60)70-76-73-63-51(67(15,16)17)35-39(3)43(7)57(63)58-44(8)40(4)36-52(64(58)74-76)68(18,19)20;1-4(6)3-5(2)7;/h21-36,75-76H,1-20H3;3,6H,1-2H3;/q+2;;/p-1/b;4-3-;. The van der Waals surface area contributed by atoms with Crippen LogP contribution in [0.15, 0.2) is 109 Å². The average Bonchev–Trinajstić information content (AvgIpc) is 1.47. The van der Waals surface area contributed by atoms with Gasteiger partial charge in [-0.05, 0) is 168 Å². The van der Waals surface area contributed by atoms with Gasteiger partial charge >= 0.3 is 17.2 Å². The van der Waals surface area contributed by atoms with E-state index in [1.54, 1.807) is 0 Å². The largest absolute Gasteiger partial charge is 0.876 e. The van der Waals surface area contributed by atoms with Crippen molar-refractivity contribution in [2.75, 3.05) is 0 Å². The van der Waals surface area contributed by atoms with Gasteiger partial charge in [-0.15, -0.1) is 5.76 Å². The van der Waals surface area contributed by atoms with Gasteiger partial charge in [0, 0.05) is 75.1 Å². The van der Waals surface area contributed by atoms with Crippen LogP contribution < -0.4 is 32.2 Å². The predicted octanol–water partition coefficient (Wildman–Crippen LogP) is 20.1. The number of carbonyl (C=O) groups excluding carboxylic acids is 1. The van der Waals surface area contributed by atoms with E-state index >= 15 is 0 Å². The van der Waals surface area contributed by atoms with Gasteiger partial charge in [-0.2, -0.15) is 0 Å². The van der Waals surface area contributed by atoms with Crippen molar-refractivity contribution in [2.24, 2.45) is 0 Å². The quantitative estimate of drug-likeness (QED) is 0.0703. The molecule has 0 unspecified atom stereocenters. The van der Waals surface area contributed by atoms with Crippen LogP contribution in [0.4, 0.5) is 0 Å². The van der Waals surface area contributed by atoms with Gasteiger partial charge in [-0.25, -0.2) is 0 Å². The molecule has 443 valence electrons. The second-order valence-corrected chi connectivity index (χ2v) is 29.3. The van der Waals surface area contributed by atoms with Crippen LogP contribution in [0.2, 0.25) is 0 Å². The number of benzene rings is 8. The van der Waals surface area contributed by atoms with Gasteiger partial charge in [0.25, 0.3) is 0 Å². The maximum Gasteiger partial charge on any atom is 0.528 e. The summed E-state index contributed by atoms with van der Waals surface area (Å²) in [7, 11) is -5.36. The molecule has 0 saturated carbocycles. The number of aryl methyl sites for hydroxylation is 4. The molecule has 0 spiro atoms. The molecule has 0 atom stereocenters. The summed E-state index contributed by atoms with van der Waals surface area (Å²) < 4.78 is 44.8. The molecule has 0 saturated heterocycles. The van der Waals surface area contributed by atoms with Crippen LogP contribution in [0.25, 0.3) is 54.9 Å². The first kappa shape index (κ1) is 63.8. The molecule has 8 nitrogen and oxygen atoms in total. The molecule has 11 heteroatoms. The van der Waals surface area contributed by atoms with E-state index in [0.29, 0.717) is 11.5 Å². The second kappa shape index (κ2) is 23.6. The molecule has 0 fully saturated rings. The van der Waals surface area contributed by atoms with E-state index in [9.17, 15) is 9.90 Å². The fourth-order valence-electron chi connectivity index (χ4n) is 11.5. The predicted molar refractivity (Wildman–Crippen MR) is 348 cm³/mol. The SMILES string of the molecule is CC(=O)/C=C(/C)[O-].Cc1cc(C(C)(C)C)c2c(c1C)-c1c(C)c(C)cc(C(C)(C)C)c1O[PH+](Oc1ccc3ccccc3c1-c1c(O[PH+]3Oc4c(C(C)(C)C)cc(C)c(C)c4-c4c(C)c(C)cc(C(C)(C)C)c4O3)ccc3ccccc13)O2.[Rh]. The van der Waals surface area contributed by atoms with E-state index in [1.165, 1.54) is 58.4 Å². The Morgan fingerprint density at radius 2 is 0.679 bits per heavy atom. The molecule has 0 bridgehead atoms. The van der Waals surface area contributed by atoms with Gasteiger partial charge in [0.05, 0.1) is 0 Å². The number of hydrogen-bond acceptors (Lipinski definition) is 8. The summed E-state index contributed by atoms with van der Waals surface area (Å²) in [6.45, 7) is 47.5. The Balaban J connectivity index is 0.00000108. The topological polar surface area (TPSA) is 95.5 Å². The summed E-state index contributed by atoms with van der Waals surface area (Å²) in [5, 5.41) is 14.1. The Kier molecular flexibility index (Phi) is 17.9. The monoisotopic (exact) mass is 1250 g/mol. The van der Waals surface area contributed by atoms with Crippen molar-refractivity contribution in [2.45, 2.75) is 174 Å². The first-order valence-electron chi connectivity index (χ1n) is 29.0. The van der Waals surface area contributed by atoms with Crippen molar-refractivity contribution >= 4 is 44.5 Å². The van der Waals surface area contributed by atoms with Gasteiger partial charge in [0.1, 0.15) is 0 Å². The van der Waals surface area contributed by atoms with Gasteiger partial charge in [-0.1, -0.05) is 175 Å². The Morgan fingerprint density at radius 1 is 0.417 bits per heavy atom. The fourth-order valence-corrected chi connectivity index (χ4v) is 14.0. The summed E-state index contributed by atoms with van der Waals surface area (Å²) in [6, 6.07) is 34.6. The van der Waals surface area contributed by atoms with Crippen LogP contribution in [-0.4, -0.2) is 5.78 Å². The summed E-state index contributed by atoms with van der Waals surface area (Å²) in [6.07, 6.45) is 1.06. The molecule has 0 aliphatic carbocycles. The van der Waals surface area contributed by atoms with E-state index in [-0.39, 0.29) is 52.7 Å². The zero-order valence-corrected chi connectivity index (χ0v) is 57.1. The van der Waals surface area contributed by atoms with Crippen LogP contribution in [-0.2, 0) is 45.9 Å². The summed E-state index contributed by atoms with van der Waals surface area (Å²) in [5.74, 6) is 4.15. The third-order valence-electron chi connectivity index (χ3n) is 16.5. The molecular formula is C73H85O8P2Rh+. The molecule has 0 aromatic heterocycles. The van der Waals surface area contributed by atoms with Crippen molar-refractivity contribution in [3.8, 4) is 67.9 Å². The molecule has 0 N–H and O–H groups in total. The molecule has 2 aliphatic heterocycles. The Morgan fingerprint density at radius 3 is 0.905 bits per heavy atom. The van der Waals surface area contributed by atoms with Crippen molar-refractivity contribution in [1.29, 1.82) is 0 Å². The zero-order chi connectivity index (χ0) is 60.7. The van der Waals surface area contributed by atoms with E-state index in [4.69, 9.17) is 27.1 Å². The first-order valence-corrected chi connectivity index (χ1v) is 31.4. The fraction of sp³-hybridized carbons (Fsp3) is 0.356. The van der Waals surface area contributed by atoms with Crippen LogP contribution in [0.1, 0.15) is 164 Å². The first-order chi connectivity index (χ1) is 38.7. The molecular weight excluding hydrogens is 1170 g/mol. The van der Waals surface area contributed by atoms with Crippen molar-refractivity contribution in [3.05, 3.63) is 176 Å². The Labute approximate surface area is 515 Å². The molecule has 84 heavy (non-hydrogen) atoms. The summed E-state index contributed by atoms with van der Waals surface area (Å²) in [5.41, 5.74) is 19.0. The summed E-state index contributed by atoms with van der Waals surface area (Å²) in [4.78, 5) is 9.98. The number of ketones is 1. The number of fused-ring (bicyclic) bond motifs is 8. The minimum atomic E-state index is -2.68. The molecule has 2 heterocycles. The second-order valence-electron chi connectivity index (χ2n) is 27.1. The van der Waals surface area contributed by atoms with Crippen LogP contribution >= 0.6 is 17.2 Å². The molecule has 8 aromatic carbocycles. The van der Waals surface area contributed by atoms with E-state index in [2.05, 4.69) is 236 Å². The zero-order valence-electron chi connectivity index (χ0n) is 53.4. The van der Waals surface area contributed by atoms with Crippen molar-refractivity contribution in [3.63, 3.8) is 0 Å². The summed E-state index contributed by atoms with van der Waals surface area (Å²) >= 11 is 0. The van der Waals surface area contributed by atoms with Gasteiger partial charge in [0.15, 0.2) is 40.3 Å². The van der Waals surface area contributed by atoms with E-state index in [0.717, 1.165) is 106 Å². The molecule has 0 amide bonds. The Bertz CT molecular complexity index is 3560. The van der Waals surface area contributed by atoms with Gasteiger partial charge < -0.3 is 5.11 Å². The van der Waals surface area contributed by atoms with Gasteiger partial charge in [0.2, 0.25) is 0 Å². The van der Waals surface area contributed by atoms with E-state index < -0.39 is 17.2 Å². The minimum absolute atomic E-state index is 0. The van der Waals surface area contributed by atoms with Crippen LogP contribution in [0.3, 0.4) is 0 Å². The minimum Gasteiger partial charge on any atom is -0.876 e. The maximum atomic E-state index is 9.98. The number of rotatable bonds is 6. The number of carbonyl (C=O) groups is 1. The molecule has 10 rings (SSSR count). The third kappa shape index (κ3) is 12.3. The Hall–Kier alpha value is -6.23. The van der Waals surface area contributed by atoms with Crippen LogP contribution in [0, 0.1) is 55.4 Å². The molecule has 1 radical (unpaired) electrons. The van der Waals surface area contributed by atoms with Gasteiger partial charge in [-0.3, -0.25) is 31.9 Å². The molecule has 8 aromatic rings. The van der Waals surface area contributed by atoms with Crippen LogP contribution in [0.5, 0.6) is 34.5 Å². The van der Waals surface area contributed by atoms with Crippen molar-refractivity contribution < 1.29 is 56.5 Å². The maximum absolute atomic E-state index is 9.98. The number of allylic oxidation sites excluding steroid dienone is 2. The third-order valence-corrected chi connectivity index (χ3v) is 18.8. The smallest absolute Gasteiger partial charge is 0.528 e. The average molecular weight is 1260 g/mol.